The van der Waals surface area contributed by atoms with Crippen molar-refractivity contribution in [1.82, 2.24) is 5.32 Å². The van der Waals surface area contributed by atoms with Gasteiger partial charge < -0.3 is 9.73 Å². The van der Waals surface area contributed by atoms with Crippen LogP contribution in [0, 0.1) is 0 Å². The van der Waals surface area contributed by atoms with Crippen LogP contribution >= 0.6 is 15.9 Å². The second kappa shape index (κ2) is 6.76. The first-order valence-electron chi connectivity index (χ1n) is 6.27. The third-order valence-electron chi connectivity index (χ3n) is 2.93. The van der Waals surface area contributed by atoms with Crippen LogP contribution in [0.15, 0.2) is 51.7 Å². The summed E-state index contributed by atoms with van der Waals surface area (Å²) >= 11 is 3.52. The zero-order chi connectivity index (χ0) is 12.8. The number of benzene rings is 1. The van der Waals surface area contributed by atoms with Crippen LogP contribution in [-0.4, -0.2) is 12.6 Å². The molecule has 2 rings (SSSR count). The molecule has 0 saturated heterocycles. The lowest BCUT2D eigenvalue weighted by atomic mass is 10.0. The van der Waals surface area contributed by atoms with Gasteiger partial charge in [-0.25, -0.2) is 0 Å². The van der Waals surface area contributed by atoms with Gasteiger partial charge in [0.25, 0.3) is 0 Å². The van der Waals surface area contributed by atoms with E-state index in [1.165, 1.54) is 11.1 Å². The van der Waals surface area contributed by atoms with Crippen LogP contribution in [0.2, 0.25) is 0 Å². The molecular formula is C15H18BrNO. The van der Waals surface area contributed by atoms with Crippen LogP contribution in [0.1, 0.15) is 18.1 Å². The summed E-state index contributed by atoms with van der Waals surface area (Å²) in [4.78, 5) is 0. The number of furan rings is 1. The molecule has 0 fully saturated rings. The molecule has 0 spiro atoms. The second-order valence-corrected chi connectivity index (χ2v) is 5.34. The van der Waals surface area contributed by atoms with Crippen molar-refractivity contribution >= 4 is 15.9 Å². The first-order valence-corrected chi connectivity index (χ1v) is 7.06. The highest BCUT2D eigenvalue weighted by Crippen LogP contribution is 2.15. The standard InChI is InChI=1S/C15H18BrNO/c1-2-17-15(10-13-6-7-18-11-13)9-12-4-3-5-14(16)8-12/h3-8,11,15,17H,2,9-10H2,1H3. The van der Waals surface area contributed by atoms with E-state index in [1.54, 1.807) is 6.26 Å². The summed E-state index contributed by atoms with van der Waals surface area (Å²) in [5.41, 5.74) is 2.59. The fourth-order valence-corrected chi connectivity index (χ4v) is 2.59. The van der Waals surface area contributed by atoms with Gasteiger partial charge in [0, 0.05) is 10.5 Å². The maximum absolute atomic E-state index is 5.13. The van der Waals surface area contributed by atoms with Crippen LogP contribution < -0.4 is 5.32 Å². The van der Waals surface area contributed by atoms with E-state index >= 15 is 0 Å². The molecule has 0 aliphatic heterocycles. The monoisotopic (exact) mass is 307 g/mol. The van der Waals surface area contributed by atoms with Crippen LogP contribution in [0.3, 0.4) is 0 Å². The van der Waals surface area contributed by atoms with Gasteiger partial charge in [-0.05, 0) is 48.7 Å². The average molecular weight is 308 g/mol. The largest absolute Gasteiger partial charge is 0.472 e. The summed E-state index contributed by atoms with van der Waals surface area (Å²) in [6.45, 7) is 3.12. The molecule has 1 aromatic heterocycles. The Balaban J connectivity index is 2.01. The molecule has 0 aliphatic carbocycles. The second-order valence-electron chi connectivity index (χ2n) is 4.42. The molecular weight excluding hydrogens is 290 g/mol. The zero-order valence-electron chi connectivity index (χ0n) is 10.5. The average Bonchev–Trinajstić information content (AvgIpc) is 2.82. The van der Waals surface area contributed by atoms with Gasteiger partial charge in [0.05, 0.1) is 12.5 Å². The van der Waals surface area contributed by atoms with Gasteiger partial charge in [-0.2, -0.15) is 0 Å². The molecule has 0 bridgehead atoms. The normalized spacial score (nSPS) is 12.6. The number of likely N-dealkylation sites (N-methyl/N-ethyl adjacent to an activating group) is 1. The molecule has 1 aromatic carbocycles. The molecule has 2 aromatic rings. The fourth-order valence-electron chi connectivity index (χ4n) is 2.15. The Morgan fingerprint density at radius 3 is 2.72 bits per heavy atom. The Morgan fingerprint density at radius 1 is 1.22 bits per heavy atom. The molecule has 3 heteroatoms. The van der Waals surface area contributed by atoms with Crippen molar-refractivity contribution in [3.05, 3.63) is 58.5 Å². The predicted molar refractivity (Wildman–Crippen MR) is 77.7 cm³/mol. The fraction of sp³-hybridized carbons (Fsp3) is 0.333. The van der Waals surface area contributed by atoms with Crippen LogP contribution in [0.25, 0.3) is 0 Å². The highest BCUT2D eigenvalue weighted by molar-refractivity contribution is 9.10. The minimum atomic E-state index is 0.446. The summed E-state index contributed by atoms with van der Waals surface area (Å²) in [6.07, 6.45) is 5.58. The van der Waals surface area contributed by atoms with Gasteiger partial charge in [0.1, 0.15) is 0 Å². The lowest BCUT2D eigenvalue weighted by molar-refractivity contribution is 0.513. The molecule has 96 valence electrons. The van der Waals surface area contributed by atoms with Crippen molar-refractivity contribution < 1.29 is 4.42 Å². The van der Waals surface area contributed by atoms with Gasteiger partial charge >= 0.3 is 0 Å². The first-order chi connectivity index (χ1) is 8.78. The Morgan fingerprint density at radius 2 is 2.06 bits per heavy atom. The maximum atomic E-state index is 5.13. The number of rotatable bonds is 6. The van der Waals surface area contributed by atoms with Crippen LogP contribution in [0.4, 0.5) is 0 Å². The van der Waals surface area contributed by atoms with Gasteiger partial charge in [0.15, 0.2) is 0 Å². The smallest absolute Gasteiger partial charge is 0.0935 e. The lowest BCUT2D eigenvalue weighted by Crippen LogP contribution is -2.32. The Hall–Kier alpha value is -1.06. The molecule has 0 amide bonds. The highest BCUT2D eigenvalue weighted by Gasteiger charge is 2.10. The number of nitrogens with one attached hydrogen (secondary N) is 1. The summed E-state index contributed by atoms with van der Waals surface area (Å²) < 4.78 is 6.27. The lowest BCUT2D eigenvalue weighted by Gasteiger charge is -2.17. The van der Waals surface area contributed by atoms with Crippen molar-refractivity contribution in [2.45, 2.75) is 25.8 Å². The topological polar surface area (TPSA) is 25.2 Å². The summed E-state index contributed by atoms with van der Waals surface area (Å²) in [6, 6.07) is 11.0. The summed E-state index contributed by atoms with van der Waals surface area (Å²) in [7, 11) is 0. The van der Waals surface area contributed by atoms with Gasteiger partial charge in [-0.3, -0.25) is 0 Å². The van der Waals surface area contributed by atoms with Gasteiger partial charge in [-0.15, -0.1) is 0 Å². The van der Waals surface area contributed by atoms with Gasteiger partial charge in [-0.1, -0.05) is 35.0 Å². The predicted octanol–water partition coefficient (Wildman–Crippen LogP) is 3.81. The Bertz CT molecular complexity index is 467. The van der Waals surface area contributed by atoms with Crippen LogP contribution in [-0.2, 0) is 12.8 Å². The van der Waals surface area contributed by atoms with Crippen molar-refractivity contribution in [1.29, 1.82) is 0 Å². The molecule has 1 heterocycles. The number of hydrogen-bond donors (Lipinski definition) is 1. The molecule has 0 radical (unpaired) electrons. The summed E-state index contributed by atoms with van der Waals surface area (Å²) in [5.74, 6) is 0. The van der Waals surface area contributed by atoms with Crippen LogP contribution in [0.5, 0.6) is 0 Å². The molecule has 0 aliphatic rings. The third kappa shape index (κ3) is 4.00. The molecule has 2 nitrogen and oxygen atoms in total. The molecule has 0 saturated carbocycles. The highest BCUT2D eigenvalue weighted by atomic mass is 79.9. The molecule has 18 heavy (non-hydrogen) atoms. The van der Waals surface area contributed by atoms with E-state index in [0.717, 1.165) is 23.9 Å². The van der Waals surface area contributed by atoms with E-state index in [-0.39, 0.29) is 0 Å². The van der Waals surface area contributed by atoms with Gasteiger partial charge in [0.2, 0.25) is 0 Å². The van der Waals surface area contributed by atoms with Crippen molar-refractivity contribution in [2.24, 2.45) is 0 Å². The molecule has 1 atom stereocenters. The minimum absolute atomic E-state index is 0.446. The summed E-state index contributed by atoms with van der Waals surface area (Å²) in [5, 5.41) is 3.53. The quantitative estimate of drug-likeness (QED) is 0.878. The van der Waals surface area contributed by atoms with Crippen molar-refractivity contribution in [3.63, 3.8) is 0 Å². The van der Waals surface area contributed by atoms with E-state index in [4.69, 9.17) is 4.42 Å². The zero-order valence-corrected chi connectivity index (χ0v) is 12.1. The minimum Gasteiger partial charge on any atom is -0.472 e. The van der Waals surface area contributed by atoms with Crippen molar-refractivity contribution in [3.8, 4) is 0 Å². The Kier molecular flexibility index (Phi) is 5.02. The first kappa shape index (κ1) is 13.4. The maximum Gasteiger partial charge on any atom is 0.0935 e. The third-order valence-corrected chi connectivity index (χ3v) is 3.42. The van der Waals surface area contributed by atoms with E-state index in [0.29, 0.717) is 6.04 Å². The SMILES string of the molecule is CCNC(Cc1ccoc1)Cc1cccc(Br)c1. The van der Waals surface area contributed by atoms with Crippen molar-refractivity contribution in [2.75, 3.05) is 6.54 Å². The Labute approximate surface area is 117 Å². The van der Waals surface area contributed by atoms with E-state index < -0.39 is 0 Å². The van der Waals surface area contributed by atoms with E-state index in [1.807, 2.05) is 12.3 Å². The molecule has 1 unspecified atom stereocenters. The van der Waals surface area contributed by atoms with E-state index in [9.17, 15) is 0 Å². The van der Waals surface area contributed by atoms with E-state index in [2.05, 4.69) is 52.4 Å². The number of halogens is 1. The molecule has 1 N–H and O–H groups in total. The number of hydrogen-bond acceptors (Lipinski definition) is 2.